The first-order valence-corrected chi connectivity index (χ1v) is 9.39. The molecule has 1 heterocycles. The number of nitriles is 2. The van der Waals surface area contributed by atoms with Gasteiger partial charge in [-0.25, -0.2) is 4.99 Å². The fourth-order valence-corrected chi connectivity index (χ4v) is 5.47. The lowest BCUT2D eigenvalue weighted by atomic mass is 9.79. The van der Waals surface area contributed by atoms with Gasteiger partial charge in [0.05, 0.1) is 12.1 Å². The monoisotopic (exact) mass is 386 g/mol. The number of methoxy groups -OCH3 is 2. The van der Waals surface area contributed by atoms with Gasteiger partial charge in [-0.3, -0.25) is 0 Å². The molecule has 2 aliphatic rings. The van der Waals surface area contributed by atoms with E-state index < -0.39 is 22.2 Å². The molecule has 0 aromatic heterocycles. The summed E-state index contributed by atoms with van der Waals surface area (Å²) < 4.78 is 11.3. The number of aliphatic imine (C=N–C) groups is 1. The molecule has 0 saturated heterocycles. The number of fused-ring (bicyclic) bond motifs is 1. The van der Waals surface area contributed by atoms with Crippen LogP contribution < -0.4 is 5.73 Å². The van der Waals surface area contributed by atoms with Crippen LogP contribution in [0.3, 0.4) is 0 Å². The molecule has 0 bridgehead atoms. The van der Waals surface area contributed by atoms with Crippen molar-refractivity contribution in [1.82, 2.24) is 0 Å². The van der Waals surface area contributed by atoms with Crippen LogP contribution in [0.25, 0.3) is 0 Å². The zero-order valence-electron chi connectivity index (χ0n) is 16.4. The van der Waals surface area contributed by atoms with E-state index in [2.05, 4.69) is 17.1 Å². The fourth-order valence-electron chi connectivity index (χ4n) is 5.47. The zero-order valence-corrected chi connectivity index (χ0v) is 16.4. The SMILES string of the molecule is COC1(OC)N=C(N)[C@]2(C#N)C(Cc3ccccc3)(Cc3ccccc3)[C@]12C#N. The van der Waals surface area contributed by atoms with E-state index in [0.29, 0.717) is 12.8 Å². The number of benzene rings is 2. The number of nitrogens with two attached hydrogens (primary N) is 1. The Balaban J connectivity index is 1.97. The highest BCUT2D eigenvalue weighted by atomic mass is 16.7. The van der Waals surface area contributed by atoms with Crippen molar-refractivity contribution in [3.05, 3.63) is 71.8 Å². The Morgan fingerprint density at radius 1 is 0.862 bits per heavy atom. The quantitative estimate of drug-likeness (QED) is 0.769. The molecular formula is C23H22N4O2. The van der Waals surface area contributed by atoms with Crippen molar-refractivity contribution >= 4 is 5.84 Å². The van der Waals surface area contributed by atoms with Gasteiger partial charge in [0.1, 0.15) is 11.3 Å². The lowest BCUT2D eigenvalue weighted by Gasteiger charge is -2.33. The molecule has 6 heteroatoms. The van der Waals surface area contributed by atoms with E-state index in [-0.39, 0.29) is 5.84 Å². The second kappa shape index (κ2) is 6.42. The standard InChI is InChI=1S/C23H22N4O2/c1-28-23(29-2)22(16-25)20(13-17-9-5-3-6-10-17,14-18-11-7-4-8-12-18)21(22,15-24)19(26)27-23/h3-12H,13-14H2,1-2H3,(H2,26,27)/t21-,22+/m1/s1. The summed E-state index contributed by atoms with van der Waals surface area (Å²) in [7, 11) is 2.86. The van der Waals surface area contributed by atoms with E-state index in [9.17, 15) is 10.5 Å². The molecule has 1 aliphatic carbocycles. The summed E-state index contributed by atoms with van der Waals surface area (Å²) in [5, 5.41) is 20.9. The highest BCUT2D eigenvalue weighted by molar-refractivity contribution is 6.00. The van der Waals surface area contributed by atoms with Gasteiger partial charge in [-0.05, 0) is 24.0 Å². The largest absolute Gasteiger partial charge is 0.386 e. The number of rotatable bonds is 6. The van der Waals surface area contributed by atoms with Crippen molar-refractivity contribution in [2.24, 2.45) is 27.0 Å². The van der Waals surface area contributed by atoms with Crippen LogP contribution in [0.4, 0.5) is 0 Å². The summed E-state index contributed by atoms with van der Waals surface area (Å²) in [6, 6.07) is 24.4. The summed E-state index contributed by atoms with van der Waals surface area (Å²) >= 11 is 0. The average molecular weight is 386 g/mol. The van der Waals surface area contributed by atoms with Gasteiger partial charge in [0.15, 0.2) is 5.41 Å². The van der Waals surface area contributed by atoms with E-state index in [1.165, 1.54) is 14.2 Å². The van der Waals surface area contributed by atoms with E-state index in [1.54, 1.807) is 0 Å². The van der Waals surface area contributed by atoms with Crippen molar-refractivity contribution in [3.63, 3.8) is 0 Å². The number of ether oxygens (including phenoxy) is 2. The number of amidine groups is 1. The maximum atomic E-state index is 10.5. The van der Waals surface area contributed by atoms with Crippen LogP contribution in [0.5, 0.6) is 0 Å². The van der Waals surface area contributed by atoms with Gasteiger partial charge in [-0.15, -0.1) is 0 Å². The van der Waals surface area contributed by atoms with Crippen molar-refractivity contribution in [2.45, 2.75) is 18.8 Å². The number of nitrogens with zero attached hydrogens (tertiary/aromatic N) is 3. The Labute approximate surface area is 170 Å². The molecule has 146 valence electrons. The predicted molar refractivity (Wildman–Crippen MR) is 107 cm³/mol. The highest BCUT2D eigenvalue weighted by Gasteiger charge is 3.00. The van der Waals surface area contributed by atoms with Gasteiger partial charge in [-0.1, -0.05) is 60.7 Å². The average Bonchev–Trinajstić information content (AvgIpc) is 3.17. The molecule has 4 rings (SSSR count). The Kier molecular flexibility index (Phi) is 4.24. The van der Waals surface area contributed by atoms with Crippen molar-refractivity contribution in [2.75, 3.05) is 14.2 Å². The molecule has 29 heavy (non-hydrogen) atoms. The normalized spacial score (nSPS) is 27.9. The van der Waals surface area contributed by atoms with Gasteiger partial charge in [0.25, 0.3) is 5.91 Å². The minimum atomic E-state index is -1.63. The third-order valence-corrected chi connectivity index (χ3v) is 6.65. The highest BCUT2D eigenvalue weighted by Crippen LogP contribution is 2.86. The minimum absolute atomic E-state index is 0.0945. The van der Waals surface area contributed by atoms with E-state index in [4.69, 9.17) is 15.2 Å². The summed E-state index contributed by atoms with van der Waals surface area (Å²) in [4.78, 5) is 4.36. The molecule has 2 N–H and O–H groups in total. The molecule has 2 atom stereocenters. The van der Waals surface area contributed by atoms with Gasteiger partial charge in [0, 0.05) is 19.6 Å². The minimum Gasteiger partial charge on any atom is -0.386 e. The van der Waals surface area contributed by atoms with Crippen LogP contribution in [0, 0.1) is 38.9 Å². The topological polar surface area (TPSA) is 104 Å². The van der Waals surface area contributed by atoms with Crippen molar-refractivity contribution in [3.8, 4) is 12.1 Å². The lowest BCUT2D eigenvalue weighted by molar-refractivity contribution is -0.237. The van der Waals surface area contributed by atoms with Crippen molar-refractivity contribution < 1.29 is 9.47 Å². The van der Waals surface area contributed by atoms with Gasteiger partial charge >= 0.3 is 0 Å². The Hall–Kier alpha value is -3.19. The van der Waals surface area contributed by atoms with Crippen LogP contribution in [0.1, 0.15) is 11.1 Å². The maximum absolute atomic E-state index is 10.5. The van der Waals surface area contributed by atoms with E-state index >= 15 is 0 Å². The van der Waals surface area contributed by atoms with Crippen LogP contribution in [-0.2, 0) is 22.3 Å². The van der Waals surface area contributed by atoms with Gasteiger partial charge in [0.2, 0.25) is 0 Å². The molecule has 1 fully saturated rings. The van der Waals surface area contributed by atoms with Crippen LogP contribution in [-0.4, -0.2) is 26.0 Å². The Morgan fingerprint density at radius 3 is 1.72 bits per heavy atom. The van der Waals surface area contributed by atoms with Crippen LogP contribution in [0.2, 0.25) is 0 Å². The Morgan fingerprint density at radius 2 is 1.34 bits per heavy atom. The molecule has 0 unspecified atom stereocenters. The third kappa shape index (κ3) is 2.03. The molecule has 1 aliphatic heterocycles. The van der Waals surface area contributed by atoms with Gasteiger partial charge < -0.3 is 15.2 Å². The second-order valence-electron chi connectivity index (χ2n) is 7.62. The van der Waals surface area contributed by atoms with Crippen molar-refractivity contribution in [1.29, 1.82) is 10.5 Å². The maximum Gasteiger partial charge on any atom is 0.292 e. The second-order valence-corrected chi connectivity index (χ2v) is 7.62. The van der Waals surface area contributed by atoms with E-state index in [1.807, 2.05) is 60.7 Å². The van der Waals surface area contributed by atoms with Crippen LogP contribution in [0.15, 0.2) is 65.7 Å². The van der Waals surface area contributed by atoms with E-state index in [0.717, 1.165) is 11.1 Å². The molecule has 0 spiro atoms. The van der Waals surface area contributed by atoms with Crippen LogP contribution >= 0.6 is 0 Å². The molecule has 0 amide bonds. The number of hydrogen-bond acceptors (Lipinski definition) is 6. The zero-order chi connectivity index (χ0) is 20.8. The summed E-state index contributed by atoms with van der Waals surface area (Å²) in [6.07, 6.45) is 0.934. The molecule has 2 aromatic rings. The molecule has 0 radical (unpaired) electrons. The third-order valence-electron chi connectivity index (χ3n) is 6.65. The summed E-state index contributed by atoms with van der Waals surface area (Å²) in [5.41, 5.74) is 4.83. The first-order chi connectivity index (χ1) is 14.0. The number of hydrogen-bond donors (Lipinski definition) is 1. The fraction of sp³-hybridized carbons (Fsp3) is 0.348. The smallest absolute Gasteiger partial charge is 0.292 e. The summed E-state index contributed by atoms with van der Waals surface area (Å²) in [5.74, 6) is -1.54. The molecule has 1 saturated carbocycles. The summed E-state index contributed by atoms with van der Waals surface area (Å²) in [6.45, 7) is 0. The Bertz CT molecular complexity index is 993. The molecule has 6 nitrogen and oxygen atoms in total. The first-order valence-electron chi connectivity index (χ1n) is 9.39. The predicted octanol–water partition coefficient (Wildman–Crippen LogP) is 2.81. The molecule has 2 aromatic carbocycles. The van der Waals surface area contributed by atoms with Gasteiger partial charge in [-0.2, -0.15) is 10.5 Å². The first kappa shape index (κ1) is 19.1. The lowest BCUT2D eigenvalue weighted by Crippen LogP contribution is -2.45. The molecular weight excluding hydrogens is 364 g/mol.